The van der Waals surface area contributed by atoms with Gasteiger partial charge in [-0.15, -0.1) is 0 Å². The number of rotatable bonds is 17. The lowest BCUT2D eigenvalue weighted by molar-refractivity contribution is -0.131. The topological polar surface area (TPSA) is 147 Å². The molecule has 281 valence electrons. The fraction of sp³-hybridized carbons (Fsp3) is 0.571. The minimum atomic E-state index is -4.06. The van der Waals surface area contributed by atoms with Gasteiger partial charge in [0.15, 0.2) is 5.47 Å². The number of halogens is 1. The van der Waals surface area contributed by atoms with Gasteiger partial charge in [-0.3, -0.25) is 18.9 Å². The largest absolute Gasteiger partial charge is 0.491 e. The number of nitrogens with zero attached hydrogens (tertiary/aromatic N) is 2. The van der Waals surface area contributed by atoms with Crippen molar-refractivity contribution in [2.45, 2.75) is 88.6 Å². The summed E-state index contributed by atoms with van der Waals surface area (Å²) in [6.07, 6.45) is 5.78. The second-order valence-electron chi connectivity index (χ2n) is 12.8. The Morgan fingerprint density at radius 3 is 2.55 bits per heavy atom. The van der Waals surface area contributed by atoms with E-state index in [-0.39, 0.29) is 43.5 Å². The quantitative estimate of drug-likeness (QED) is 0.0929. The molecule has 4 rings (SSSR count). The number of carbonyl (C=O) groups is 3. The Morgan fingerprint density at radius 2 is 1.84 bits per heavy atom. The van der Waals surface area contributed by atoms with Gasteiger partial charge >= 0.3 is 13.6 Å². The first-order chi connectivity index (χ1) is 24.5. The Bertz CT molecular complexity index is 1500. The maximum atomic E-state index is 14.1. The zero-order valence-electron chi connectivity index (χ0n) is 29.7. The summed E-state index contributed by atoms with van der Waals surface area (Å²) in [5.74, 6) is 0.445. The van der Waals surface area contributed by atoms with Crippen LogP contribution in [0.5, 0.6) is 5.75 Å². The van der Waals surface area contributed by atoms with Gasteiger partial charge in [-0.2, -0.15) is 0 Å². The van der Waals surface area contributed by atoms with E-state index in [0.29, 0.717) is 37.7 Å². The highest BCUT2D eigenvalue weighted by Crippen LogP contribution is 2.53. The highest BCUT2D eigenvalue weighted by atomic mass is 35.5. The number of urea groups is 1. The molecule has 16 heteroatoms. The summed E-state index contributed by atoms with van der Waals surface area (Å²) >= 11 is 7.16. The molecule has 1 unspecified atom stereocenters. The molecule has 0 aromatic heterocycles. The fourth-order valence-corrected chi connectivity index (χ4v) is 12.6. The number of aliphatic hydroxyl groups is 1. The van der Waals surface area contributed by atoms with Crippen LogP contribution in [0, 0.1) is 5.92 Å². The number of benzene rings is 2. The molecule has 1 saturated carbocycles. The van der Waals surface area contributed by atoms with Gasteiger partial charge < -0.3 is 33.7 Å². The average Bonchev–Trinajstić information content (AvgIpc) is 3.34. The maximum absolute atomic E-state index is 14.1. The molecular formula is C35H51ClN4O8PSSi. The van der Waals surface area contributed by atoms with Crippen molar-refractivity contribution in [2.24, 2.45) is 5.92 Å². The maximum Gasteiger partial charge on any atom is 0.357 e. The number of carbonyl (C=O) groups excluding carboxylic acids is 3. The van der Waals surface area contributed by atoms with Gasteiger partial charge in [-0.05, 0) is 67.9 Å². The van der Waals surface area contributed by atoms with E-state index in [1.165, 1.54) is 4.90 Å². The Morgan fingerprint density at radius 1 is 1.12 bits per heavy atom. The van der Waals surface area contributed by atoms with E-state index in [1.807, 2.05) is 36.4 Å². The molecule has 1 fully saturated rings. The van der Waals surface area contributed by atoms with Crippen molar-refractivity contribution in [3.05, 3.63) is 64.7 Å². The summed E-state index contributed by atoms with van der Waals surface area (Å²) in [4.78, 5) is 47.1. The average molecular weight is 782 g/mol. The summed E-state index contributed by atoms with van der Waals surface area (Å²) in [5, 5.41) is 11.4. The number of para-hydroxylation sites is 1. The molecule has 1 aliphatic heterocycles. The molecule has 1 radical (unpaired) electrons. The standard InChI is InChI=1S/C35H51ClN4O8PSSi/c1-4-47-49(45,48-5-2)35(44)51(21-18-32(41)40-19-20-46-30-17-10-9-15-28(30)25-40)38-33(42)31(23-26-12-7-6-8-13-26)50-37-34(43)39(3)24-27-14-11-16-29(36)22-27/h9-11,14-17,22,26,31,35,44H,4-8,12-13,18-21,23-25H2,1-3H3,(H,37,43)(H,38,42)/t31-,35?/m0/s1. The zero-order valence-corrected chi connectivity index (χ0v) is 33.2. The molecular weight excluding hydrogens is 731 g/mol. The van der Waals surface area contributed by atoms with E-state index >= 15 is 0 Å². The predicted molar refractivity (Wildman–Crippen MR) is 202 cm³/mol. The van der Waals surface area contributed by atoms with Crippen LogP contribution < -0.4 is 14.4 Å². The van der Waals surface area contributed by atoms with Crippen LogP contribution in [0.3, 0.4) is 0 Å². The van der Waals surface area contributed by atoms with E-state index in [1.54, 1.807) is 37.9 Å². The first-order valence-electron chi connectivity index (χ1n) is 17.7. The van der Waals surface area contributed by atoms with Crippen LogP contribution in [0.2, 0.25) is 11.1 Å². The smallest absolute Gasteiger partial charge is 0.357 e. The Kier molecular flexibility index (Phi) is 16.6. The molecule has 2 atom stereocenters. The number of hydrogen-bond donors (Lipinski definition) is 3. The van der Waals surface area contributed by atoms with Crippen LogP contribution >= 0.6 is 31.1 Å². The van der Waals surface area contributed by atoms with Gasteiger partial charge in [-0.25, -0.2) is 4.79 Å². The minimum Gasteiger partial charge on any atom is -0.491 e. The molecule has 2 aliphatic rings. The van der Waals surface area contributed by atoms with Crippen LogP contribution in [0.4, 0.5) is 4.79 Å². The summed E-state index contributed by atoms with van der Waals surface area (Å²) in [6.45, 7) is 4.75. The van der Waals surface area contributed by atoms with Crippen LogP contribution in [-0.4, -0.2) is 85.8 Å². The molecule has 2 aromatic rings. The van der Waals surface area contributed by atoms with Crippen LogP contribution in [-0.2, 0) is 36.3 Å². The normalized spacial score (nSPS) is 16.4. The first-order valence-corrected chi connectivity index (χ1v) is 22.3. The number of fused-ring (bicyclic) bond motifs is 1. The second kappa shape index (κ2) is 20.6. The van der Waals surface area contributed by atoms with E-state index in [9.17, 15) is 24.1 Å². The fourth-order valence-electron chi connectivity index (χ4n) is 6.28. The molecule has 3 N–H and O–H groups in total. The monoisotopic (exact) mass is 781 g/mol. The number of hydrogen-bond acceptors (Lipinski definition) is 9. The van der Waals surface area contributed by atoms with Crippen molar-refractivity contribution in [3.8, 4) is 5.75 Å². The van der Waals surface area contributed by atoms with E-state index in [0.717, 1.165) is 60.9 Å². The van der Waals surface area contributed by atoms with Gasteiger partial charge in [0.2, 0.25) is 20.8 Å². The molecule has 1 heterocycles. The third-order valence-electron chi connectivity index (χ3n) is 8.94. The Hall–Kier alpha value is -2.58. The summed E-state index contributed by atoms with van der Waals surface area (Å²) in [7, 11) is -4.89. The number of aliphatic hydroxyl groups excluding tert-OH is 1. The van der Waals surface area contributed by atoms with Crippen molar-refractivity contribution in [1.29, 1.82) is 0 Å². The van der Waals surface area contributed by atoms with Crippen LogP contribution in [0.1, 0.15) is 69.9 Å². The van der Waals surface area contributed by atoms with E-state index < -0.39 is 33.2 Å². The van der Waals surface area contributed by atoms with Gasteiger partial charge in [0.1, 0.15) is 17.6 Å². The number of ether oxygens (including phenoxy) is 1. The van der Waals surface area contributed by atoms with Gasteiger partial charge in [0.05, 0.1) is 19.8 Å². The van der Waals surface area contributed by atoms with Crippen LogP contribution in [0.15, 0.2) is 48.5 Å². The highest BCUT2D eigenvalue weighted by Gasteiger charge is 2.43. The van der Waals surface area contributed by atoms with E-state index in [4.69, 9.17) is 25.4 Å². The number of nitrogens with one attached hydrogen (secondary N) is 2. The van der Waals surface area contributed by atoms with Gasteiger partial charge in [0, 0.05) is 37.1 Å². The third kappa shape index (κ3) is 12.5. The van der Waals surface area contributed by atoms with Crippen molar-refractivity contribution < 1.29 is 37.8 Å². The third-order valence-corrected chi connectivity index (χ3v) is 15.9. The van der Waals surface area contributed by atoms with Gasteiger partial charge in [0.25, 0.3) is 0 Å². The minimum absolute atomic E-state index is 0.00246. The molecule has 1 aliphatic carbocycles. The first kappa shape index (κ1) is 41.2. The molecule has 12 nitrogen and oxygen atoms in total. The van der Waals surface area contributed by atoms with Crippen molar-refractivity contribution in [3.63, 3.8) is 0 Å². The lowest BCUT2D eigenvalue weighted by Gasteiger charge is -2.31. The van der Waals surface area contributed by atoms with E-state index in [2.05, 4.69) is 9.70 Å². The van der Waals surface area contributed by atoms with Crippen molar-refractivity contribution in [1.82, 2.24) is 19.5 Å². The highest BCUT2D eigenvalue weighted by molar-refractivity contribution is 7.99. The molecule has 4 amide bonds. The summed E-state index contributed by atoms with van der Waals surface area (Å²) in [5.41, 5.74) is 0.121. The zero-order chi connectivity index (χ0) is 36.8. The predicted octanol–water partition coefficient (Wildman–Crippen LogP) is 6.51. The lowest BCUT2D eigenvalue weighted by Crippen LogP contribution is -2.52. The van der Waals surface area contributed by atoms with Gasteiger partial charge in [-0.1, -0.05) is 74.0 Å². The molecule has 0 spiro atoms. The Labute approximate surface area is 312 Å². The molecule has 0 saturated heterocycles. The molecule has 2 aromatic carbocycles. The Balaban J connectivity index is 1.49. The van der Waals surface area contributed by atoms with Crippen LogP contribution in [0.25, 0.3) is 0 Å². The second-order valence-corrected chi connectivity index (χ2v) is 19.1. The summed E-state index contributed by atoms with van der Waals surface area (Å²) in [6, 6.07) is 14.5. The molecule has 0 bridgehead atoms. The summed E-state index contributed by atoms with van der Waals surface area (Å²) < 4.78 is 33.5. The van der Waals surface area contributed by atoms with Crippen molar-refractivity contribution in [2.75, 3.05) is 33.4 Å². The van der Waals surface area contributed by atoms with Crippen molar-refractivity contribution >= 4 is 57.9 Å². The molecule has 51 heavy (non-hydrogen) atoms. The number of amides is 4. The lowest BCUT2D eigenvalue weighted by atomic mass is 9.86. The SMILES string of the molecule is CCOP(=O)(OCC)C(O)[Si](CCC(=O)N1CCOc2ccccc2C1)NC(=O)[C@H](CC1CCCCC1)SNC(=O)N(C)Cc1cccc(Cl)c1.